The minimum Gasteiger partial charge on any atom is -0.747 e. The largest absolute Gasteiger partial charge is 0.747 e. The van der Waals surface area contributed by atoms with Gasteiger partial charge in [-0.1, -0.05) is 6.58 Å². The molecule has 0 aliphatic carbocycles. The van der Waals surface area contributed by atoms with E-state index in [4.69, 9.17) is 9.68 Å². The van der Waals surface area contributed by atoms with E-state index in [9.17, 15) is 51.3 Å². The Morgan fingerprint density at radius 1 is 0.696 bits per heavy atom. The molecule has 2 fully saturated rings. The van der Waals surface area contributed by atoms with Crippen molar-refractivity contribution < 1.29 is 65.8 Å². The van der Waals surface area contributed by atoms with Gasteiger partial charge in [-0.15, -0.1) is 15.2 Å². The Morgan fingerprint density at radius 2 is 1.07 bits per heavy atom. The van der Waals surface area contributed by atoms with Gasteiger partial charge < -0.3 is 19.1 Å². The summed E-state index contributed by atoms with van der Waals surface area (Å²) in [5, 5.41) is -0.507. The summed E-state index contributed by atoms with van der Waals surface area (Å²) in [6, 6.07) is 0. The van der Waals surface area contributed by atoms with Gasteiger partial charge >= 0.3 is 17.9 Å². The quantitative estimate of drug-likeness (QED) is 0.302. The van der Waals surface area contributed by atoms with Gasteiger partial charge in [0.2, 0.25) is 0 Å². The number of hydrogen-bond acceptors (Lipinski definition) is 14. The zero-order chi connectivity index (χ0) is 36.2. The van der Waals surface area contributed by atoms with E-state index in [0.717, 1.165) is 5.06 Å². The fourth-order valence-electron chi connectivity index (χ4n) is 2.77. The normalized spacial score (nSPS) is 18.7. The van der Waals surface area contributed by atoms with Gasteiger partial charge in [0.05, 0.1) is 28.4 Å². The lowest BCUT2D eigenvalue weighted by Crippen LogP contribution is -2.39. The van der Waals surface area contributed by atoms with Crippen LogP contribution in [-0.2, 0) is 63.0 Å². The van der Waals surface area contributed by atoms with Crippen molar-refractivity contribution in [1.82, 2.24) is 15.2 Å². The molecule has 0 radical (unpaired) electrons. The molecule has 0 N–H and O–H groups in total. The molecule has 0 saturated carbocycles. The van der Waals surface area contributed by atoms with Crippen molar-refractivity contribution in [3.05, 3.63) is 24.4 Å². The highest BCUT2D eigenvalue weighted by atomic mass is 32.2. The lowest BCUT2D eigenvalue weighted by Gasteiger charge is -2.21. The van der Waals surface area contributed by atoms with Crippen molar-refractivity contribution in [3.8, 4) is 0 Å². The zero-order valence-electron chi connectivity index (χ0n) is 27.0. The lowest BCUT2D eigenvalue weighted by molar-refractivity contribution is -0.203. The first-order valence-electron chi connectivity index (χ1n) is 13.6. The zero-order valence-corrected chi connectivity index (χ0v) is 27.8. The molecule has 256 valence electrons. The monoisotopic (exact) mass is 672 g/mol. The Kier molecular flexibility index (Phi) is 12.3. The van der Waals surface area contributed by atoms with Gasteiger partial charge in [-0.25, -0.2) is 22.8 Å². The van der Waals surface area contributed by atoms with Gasteiger partial charge in [-0.2, -0.15) is 0 Å². The van der Waals surface area contributed by atoms with Gasteiger partial charge in [0, 0.05) is 18.9 Å². The van der Waals surface area contributed by atoms with E-state index in [0.29, 0.717) is 10.8 Å². The molecule has 0 spiro atoms. The Morgan fingerprint density at radius 3 is 1.37 bits per heavy atom. The van der Waals surface area contributed by atoms with Crippen LogP contribution >= 0.6 is 0 Å². The van der Waals surface area contributed by atoms with E-state index in [1.807, 2.05) is 0 Å². The van der Waals surface area contributed by atoms with Crippen molar-refractivity contribution in [3.63, 3.8) is 0 Å². The van der Waals surface area contributed by atoms with E-state index >= 15 is 0 Å². The van der Waals surface area contributed by atoms with Gasteiger partial charge in [-0.05, 0) is 68.4 Å². The summed E-state index contributed by atoms with van der Waals surface area (Å²) in [4.78, 5) is 104. The molecule has 0 aromatic rings. The minimum atomic E-state index is -4.94. The van der Waals surface area contributed by atoms with Gasteiger partial charge in [0.25, 0.3) is 29.5 Å². The Hall–Kier alpha value is -4.45. The number of amides is 5. The molecular weight excluding hydrogens is 634 g/mol. The molecule has 0 bridgehead atoms. The second-order valence-corrected chi connectivity index (χ2v) is 14.7. The topological polar surface area (TPSA) is 231 Å². The average Bonchev–Trinajstić information content (AvgIpc) is 3.48. The Balaban J connectivity index is 0.000000349. The first-order chi connectivity index (χ1) is 20.6. The predicted octanol–water partition coefficient (Wildman–Crippen LogP) is 1.21. The maximum absolute atomic E-state index is 11.5. The maximum atomic E-state index is 11.5. The molecule has 0 aromatic heterocycles. The van der Waals surface area contributed by atoms with Crippen molar-refractivity contribution in [2.75, 3.05) is 0 Å². The Bertz CT molecular complexity index is 1400. The number of hydrogen-bond donors (Lipinski definition) is 0. The second kappa shape index (κ2) is 14.3. The van der Waals surface area contributed by atoms with Crippen molar-refractivity contribution >= 4 is 57.6 Å². The summed E-state index contributed by atoms with van der Waals surface area (Å²) in [7, 11) is -4.94. The third-order valence-corrected chi connectivity index (χ3v) is 6.72. The van der Waals surface area contributed by atoms with Crippen LogP contribution in [0.2, 0.25) is 0 Å². The first kappa shape index (κ1) is 39.6. The van der Waals surface area contributed by atoms with Crippen LogP contribution in [0.3, 0.4) is 0 Å². The van der Waals surface area contributed by atoms with E-state index in [1.54, 1.807) is 41.5 Å². The van der Waals surface area contributed by atoms with Crippen LogP contribution in [0, 0.1) is 16.2 Å². The van der Waals surface area contributed by atoms with Gasteiger partial charge in [0.1, 0.15) is 15.4 Å². The number of allylic oxidation sites excluding steroid dienone is 1. The van der Waals surface area contributed by atoms with Crippen LogP contribution in [0.1, 0.15) is 81.6 Å². The predicted molar refractivity (Wildman–Crippen MR) is 153 cm³/mol. The summed E-state index contributed by atoms with van der Waals surface area (Å²) < 4.78 is 32.2. The van der Waals surface area contributed by atoms with Crippen LogP contribution in [-0.4, -0.2) is 80.9 Å². The molecule has 1 unspecified atom stereocenters. The molecule has 3 rings (SSSR count). The highest BCUT2D eigenvalue weighted by Crippen LogP contribution is 2.24. The van der Waals surface area contributed by atoms with Crippen molar-refractivity contribution in [2.45, 2.75) is 86.8 Å². The van der Waals surface area contributed by atoms with Crippen molar-refractivity contribution in [2.24, 2.45) is 16.2 Å². The molecule has 3 aliphatic rings. The number of imide groups is 2. The second-order valence-electron chi connectivity index (χ2n) is 13.1. The third kappa shape index (κ3) is 10.9. The van der Waals surface area contributed by atoms with Crippen molar-refractivity contribution in [1.29, 1.82) is 0 Å². The molecule has 46 heavy (non-hydrogen) atoms. The molecule has 18 heteroatoms. The van der Waals surface area contributed by atoms with Gasteiger partial charge in [-0.3, -0.25) is 24.0 Å². The molecule has 5 amide bonds. The summed E-state index contributed by atoms with van der Waals surface area (Å²) in [6.45, 7) is 18.1. The number of carbonyl (C=O) groups excluding carboxylic acids is 8. The molecular formula is C28H38N3O14S-. The number of rotatable bonds is 4. The summed E-state index contributed by atoms with van der Waals surface area (Å²) in [5.41, 5.74) is -1.96. The third-order valence-electron chi connectivity index (χ3n) is 5.66. The summed E-state index contributed by atoms with van der Waals surface area (Å²) >= 11 is 0. The molecule has 3 heterocycles. The Labute approximate surface area is 266 Å². The average molecular weight is 673 g/mol. The van der Waals surface area contributed by atoms with Crippen LogP contribution in [0.4, 0.5) is 0 Å². The molecule has 2 saturated heterocycles. The van der Waals surface area contributed by atoms with E-state index in [2.05, 4.69) is 11.4 Å². The summed E-state index contributed by atoms with van der Waals surface area (Å²) in [6.07, 6.45) is 2.24. The van der Waals surface area contributed by atoms with Crippen LogP contribution < -0.4 is 0 Å². The highest BCUT2D eigenvalue weighted by Gasteiger charge is 2.46. The lowest BCUT2D eigenvalue weighted by atomic mass is 9.98. The molecule has 3 aliphatic heterocycles. The fourth-order valence-corrected chi connectivity index (χ4v) is 3.46. The fraction of sp³-hybridized carbons (Fsp3) is 0.571. The molecule has 17 nitrogen and oxygen atoms in total. The summed E-state index contributed by atoms with van der Waals surface area (Å²) in [5.74, 6) is -5.56. The van der Waals surface area contributed by atoms with Crippen LogP contribution in [0.15, 0.2) is 24.4 Å². The highest BCUT2D eigenvalue weighted by molar-refractivity contribution is 7.87. The SMILES string of the molecule is C=C1C=CC(=O)N1OC(=O)C(C)(C)C.CC(C)(C)C(=O)ON1C(=O)CC(S(=O)(=O)[O-])C1=O.CC(C)(C)C(=O)ON1C(=O)CCC1=O. The van der Waals surface area contributed by atoms with E-state index < -0.39 is 79.6 Å². The van der Waals surface area contributed by atoms with Crippen LogP contribution in [0.25, 0.3) is 0 Å². The number of hydroxylamine groups is 6. The molecule has 1 atom stereocenters. The minimum absolute atomic E-state index is 0.0493. The maximum Gasteiger partial charge on any atom is 0.338 e. The van der Waals surface area contributed by atoms with Crippen LogP contribution in [0.5, 0.6) is 0 Å². The molecule has 0 aromatic carbocycles. The smallest absolute Gasteiger partial charge is 0.338 e. The standard InChI is InChI=1S/C10H13NO3.C9H13NO7S.C9H13NO4/c1-7-5-6-8(12)11(7)14-9(13)10(2,3)4;1-9(2,3)8(13)17-10-6(11)4-5(7(10)12)18(14,15)16;1-9(2,3)8(13)14-10-6(11)4-5-7(10)12/h5-6H,1H2,2-4H3;5H,4H2,1-3H3,(H,14,15,16);4-5H2,1-3H3/p-1. The van der Waals surface area contributed by atoms with E-state index in [1.165, 1.54) is 32.9 Å². The number of nitrogens with zero attached hydrogens (tertiary/aromatic N) is 3. The number of carbonyl (C=O) groups is 8. The van der Waals surface area contributed by atoms with E-state index in [-0.39, 0.29) is 23.8 Å². The van der Waals surface area contributed by atoms with Gasteiger partial charge in [0.15, 0.2) is 0 Å². The first-order valence-corrected chi connectivity index (χ1v) is 15.1.